The number of aromatic nitrogens is 4. The van der Waals surface area contributed by atoms with Gasteiger partial charge in [-0.15, -0.1) is 0 Å². The molecule has 0 aromatic carbocycles. The van der Waals surface area contributed by atoms with E-state index in [1.807, 2.05) is 0 Å². The van der Waals surface area contributed by atoms with Gasteiger partial charge in [-0.2, -0.15) is 5.10 Å². The van der Waals surface area contributed by atoms with E-state index >= 15 is 0 Å². The summed E-state index contributed by atoms with van der Waals surface area (Å²) in [5.41, 5.74) is -0.924. The van der Waals surface area contributed by atoms with E-state index in [1.165, 1.54) is 0 Å². The molecule has 0 radical (unpaired) electrons. The number of H-pyrrole nitrogens is 1. The first-order valence-corrected chi connectivity index (χ1v) is 5.66. The third kappa shape index (κ3) is 2.20. The number of hydrogen-bond donors (Lipinski definition) is 2. The Hall–Kier alpha value is -2.31. The maximum Gasteiger partial charge on any atom is 0.331 e. The molecule has 2 rings (SSSR count). The largest absolute Gasteiger partial charge is 0.494 e. The molecule has 7 heteroatoms. The Morgan fingerprint density at radius 2 is 2.17 bits per heavy atom. The molecule has 0 fully saturated rings. The highest BCUT2D eigenvalue weighted by Gasteiger charge is 2.12. The number of hydrogen-bond acceptors (Lipinski definition) is 4. The number of aromatic amines is 1. The fraction of sp³-hybridized carbons (Fsp3) is 0.364. The van der Waals surface area contributed by atoms with E-state index in [9.17, 15) is 14.7 Å². The molecule has 0 unspecified atom stereocenters. The average molecular weight is 250 g/mol. The molecule has 96 valence electrons. The smallest absolute Gasteiger partial charge is 0.331 e. The summed E-state index contributed by atoms with van der Waals surface area (Å²) in [6, 6.07) is 1.77. The standard InChI is InChI=1S/C11H14N4O3/c1-2-8-9(16)13-11(18)15(10(8)17)7-6-14-5-3-4-12-14/h3-5,17H,2,6-7H2,1H3,(H,13,16,18). The quantitative estimate of drug-likeness (QED) is 0.779. The van der Waals surface area contributed by atoms with Gasteiger partial charge in [0.05, 0.1) is 18.7 Å². The number of nitrogens with one attached hydrogen (secondary N) is 1. The topological polar surface area (TPSA) is 92.9 Å². The van der Waals surface area contributed by atoms with Crippen LogP contribution in [0.25, 0.3) is 0 Å². The van der Waals surface area contributed by atoms with E-state index < -0.39 is 11.2 Å². The zero-order chi connectivity index (χ0) is 13.1. The molecular weight excluding hydrogens is 236 g/mol. The van der Waals surface area contributed by atoms with Gasteiger partial charge >= 0.3 is 5.69 Å². The molecule has 0 spiro atoms. The Morgan fingerprint density at radius 3 is 2.78 bits per heavy atom. The predicted molar refractivity (Wildman–Crippen MR) is 64.6 cm³/mol. The fourth-order valence-electron chi connectivity index (χ4n) is 1.76. The van der Waals surface area contributed by atoms with E-state index in [1.54, 1.807) is 30.1 Å². The van der Waals surface area contributed by atoms with Crippen LogP contribution in [0.5, 0.6) is 5.88 Å². The summed E-state index contributed by atoms with van der Waals surface area (Å²) < 4.78 is 2.78. The van der Waals surface area contributed by atoms with Crippen LogP contribution >= 0.6 is 0 Å². The molecular formula is C11H14N4O3. The first-order chi connectivity index (χ1) is 8.63. The van der Waals surface area contributed by atoms with Crippen LogP contribution in [0.4, 0.5) is 0 Å². The zero-order valence-electron chi connectivity index (χ0n) is 9.96. The molecule has 0 aliphatic carbocycles. The average Bonchev–Trinajstić information content (AvgIpc) is 2.81. The maximum atomic E-state index is 11.6. The molecule has 7 nitrogen and oxygen atoms in total. The van der Waals surface area contributed by atoms with Crippen LogP contribution in [-0.2, 0) is 19.5 Å². The normalized spacial score (nSPS) is 10.7. The van der Waals surface area contributed by atoms with Crippen molar-refractivity contribution in [2.75, 3.05) is 0 Å². The lowest BCUT2D eigenvalue weighted by molar-refractivity contribution is 0.379. The molecule has 2 heterocycles. The van der Waals surface area contributed by atoms with Gasteiger partial charge in [0.15, 0.2) is 0 Å². The number of rotatable bonds is 4. The summed E-state index contributed by atoms with van der Waals surface area (Å²) in [7, 11) is 0. The van der Waals surface area contributed by atoms with Crippen LogP contribution in [0.2, 0.25) is 0 Å². The number of nitrogens with zero attached hydrogens (tertiary/aromatic N) is 3. The lowest BCUT2D eigenvalue weighted by Gasteiger charge is -2.10. The van der Waals surface area contributed by atoms with Crippen LogP contribution in [0, 0.1) is 0 Å². The third-order valence-electron chi connectivity index (χ3n) is 2.73. The number of aromatic hydroxyl groups is 1. The van der Waals surface area contributed by atoms with Crippen LogP contribution in [0.15, 0.2) is 28.0 Å². The van der Waals surface area contributed by atoms with Gasteiger partial charge in [-0.25, -0.2) is 4.79 Å². The first-order valence-electron chi connectivity index (χ1n) is 5.66. The van der Waals surface area contributed by atoms with Gasteiger partial charge in [-0.05, 0) is 12.5 Å². The number of aryl methyl sites for hydroxylation is 1. The molecule has 2 N–H and O–H groups in total. The lowest BCUT2D eigenvalue weighted by atomic mass is 10.2. The highest BCUT2D eigenvalue weighted by Crippen LogP contribution is 2.10. The van der Waals surface area contributed by atoms with Gasteiger partial charge < -0.3 is 5.11 Å². The van der Waals surface area contributed by atoms with Crippen LogP contribution in [0.3, 0.4) is 0 Å². The first kappa shape index (κ1) is 12.2. The van der Waals surface area contributed by atoms with Crippen molar-refractivity contribution in [3.63, 3.8) is 0 Å². The highest BCUT2D eigenvalue weighted by molar-refractivity contribution is 5.22. The van der Waals surface area contributed by atoms with Crippen LogP contribution in [0.1, 0.15) is 12.5 Å². The fourth-order valence-corrected chi connectivity index (χ4v) is 1.76. The summed E-state index contributed by atoms with van der Waals surface area (Å²) in [5, 5.41) is 13.9. The molecule has 0 saturated heterocycles. The van der Waals surface area contributed by atoms with E-state index in [4.69, 9.17) is 0 Å². The summed E-state index contributed by atoms with van der Waals surface area (Å²) in [6.07, 6.45) is 3.75. The zero-order valence-corrected chi connectivity index (χ0v) is 9.96. The van der Waals surface area contributed by atoms with Crippen molar-refractivity contribution in [3.8, 4) is 5.88 Å². The third-order valence-corrected chi connectivity index (χ3v) is 2.73. The maximum absolute atomic E-state index is 11.6. The predicted octanol–water partition coefficient (Wildman–Crippen LogP) is -0.299. The minimum Gasteiger partial charge on any atom is -0.494 e. The van der Waals surface area contributed by atoms with Gasteiger partial charge in [-0.1, -0.05) is 6.92 Å². The molecule has 0 atom stereocenters. The van der Waals surface area contributed by atoms with E-state index in [0.717, 1.165) is 4.57 Å². The summed E-state index contributed by atoms with van der Waals surface area (Å²) >= 11 is 0. The Labute approximate surface area is 102 Å². The van der Waals surface area contributed by atoms with Crippen molar-refractivity contribution in [2.24, 2.45) is 0 Å². The van der Waals surface area contributed by atoms with Crippen molar-refractivity contribution < 1.29 is 5.11 Å². The van der Waals surface area contributed by atoms with Gasteiger partial charge in [0.2, 0.25) is 5.88 Å². The summed E-state index contributed by atoms with van der Waals surface area (Å²) in [6.45, 7) is 2.43. The Bertz CT molecular complexity index is 639. The van der Waals surface area contributed by atoms with E-state index in [0.29, 0.717) is 13.0 Å². The minimum absolute atomic E-state index is 0.218. The second-order valence-corrected chi connectivity index (χ2v) is 3.84. The molecule has 0 aliphatic rings. The minimum atomic E-state index is -0.609. The second-order valence-electron chi connectivity index (χ2n) is 3.84. The van der Waals surface area contributed by atoms with Crippen LogP contribution < -0.4 is 11.2 Å². The molecule has 2 aromatic rings. The van der Waals surface area contributed by atoms with Gasteiger partial charge in [-0.3, -0.25) is 19.0 Å². The van der Waals surface area contributed by atoms with Crippen molar-refractivity contribution >= 4 is 0 Å². The molecule has 0 saturated carbocycles. The summed E-state index contributed by atoms with van der Waals surface area (Å²) in [5.74, 6) is -0.265. The van der Waals surface area contributed by atoms with Crippen molar-refractivity contribution in [3.05, 3.63) is 44.9 Å². The summed E-state index contributed by atoms with van der Waals surface area (Å²) in [4.78, 5) is 25.2. The van der Waals surface area contributed by atoms with Crippen molar-refractivity contribution in [2.45, 2.75) is 26.4 Å². The van der Waals surface area contributed by atoms with Gasteiger partial charge in [0.25, 0.3) is 5.56 Å². The molecule has 0 bridgehead atoms. The SMILES string of the molecule is CCc1c(O)n(CCn2cccn2)c(=O)[nH]c1=O. The highest BCUT2D eigenvalue weighted by atomic mass is 16.3. The Morgan fingerprint density at radius 1 is 1.39 bits per heavy atom. The second kappa shape index (κ2) is 4.91. The van der Waals surface area contributed by atoms with E-state index in [2.05, 4.69) is 10.1 Å². The van der Waals surface area contributed by atoms with Gasteiger partial charge in [0.1, 0.15) is 0 Å². The monoisotopic (exact) mass is 250 g/mol. The van der Waals surface area contributed by atoms with Crippen molar-refractivity contribution in [1.29, 1.82) is 0 Å². The lowest BCUT2D eigenvalue weighted by Crippen LogP contribution is -2.33. The molecule has 0 amide bonds. The molecule has 18 heavy (non-hydrogen) atoms. The van der Waals surface area contributed by atoms with Crippen LogP contribution in [-0.4, -0.2) is 24.4 Å². The molecule has 2 aromatic heterocycles. The Balaban J connectivity index is 2.33. The van der Waals surface area contributed by atoms with Crippen molar-refractivity contribution in [1.82, 2.24) is 19.3 Å². The Kier molecular flexibility index (Phi) is 3.31. The van der Waals surface area contributed by atoms with E-state index in [-0.39, 0.29) is 18.0 Å². The van der Waals surface area contributed by atoms with Gasteiger partial charge in [0, 0.05) is 12.4 Å². The molecule has 0 aliphatic heterocycles.